The van der Waals surface area contributed by atoms with E-state index in [1.165, 1.54) is 0 Å². The molecular weight excluding hydrogens is 168 g/mol. The van der Waals surface area contributed by atoms with Crippen LogP contribution in [0.1, 0.15) is 13.3 Å². The van der Waals surface area contributed by atoms with Gasteiger partial charge in [0.2, 0.25) is 0 Å². The molecule has 11 heavy (non-hydrogen) atoms. The highest BCUT2D eigenvalue weighted by molar-refractivity contribution is 7.87. The summed E-state index contributed by atoms with van der Waals surface area (Å²) in [5.41, 5.74) is 5.02. The Morgan fingerprint density at radius 2 is 2.18 bits per heavy atom. The van der Waals surface area contributed by atoms with E-state index in [1.807, 2.05) is 0 Å². The van der Waals surface area contributed by atoms with Gasteiger partial charge in [0.05, 0.1) is 5.84 Å². The summed E-state index contributed by atoms with van der Waals surface area (Å²) in [6.45, 7) is 1.58. The third-order valence-corrected chi connectivity index (χ3v) is 1.62. The number of rotatable bonds is 4. The lowest BCUT2D eigenvalue weighted by molar-refractivity contribution is 0.566. The fourth-order valence-corrected chi connectivity index (χ4v) is 1.30. The minimum atomic E-state index is -3.67. The predicted octanol–water partition coefficient (Wildman–Crippen LogP) is -1.51. The fraction of sp³-hybridized carbons (Fsp3) is 0.750. The van der Waals surface area contributed by atoms with Gasteiger partial charge in [-0.2, -0.15) is 13.1 Å². The summed E-state index contributed by atoms with van der Waals surface area (Å²) >= 11 is 0. The lowest BCUT2D eigenvalue weighted by Gasteiger charge is -2.09. The van der Waals surface area contributed by atoms with E-state index in [9.17, 15) is 8.42 Å². The summed E-state index contributed by atoms with van der Waals surface area (Å²) in [5.74, 6) is -0.0753. The SMILES string of the molecule is CC(CC(=N)N)NS(N)(=O)=O. The second kappa shape index (κ2) is 3.65. The van der Waals surface area contributed by atoms with Gasteiger partial charge in [-0.3, -0.25) is 5.41 Å². The number of nitrogens with two attached hydrogens (primary N) is 2. The Hall–Kier alpha value is -0.660. The standard InChI is InChI=1S/C4H12N4O2S/c1-3(2-4(5)6)8-11(7,9)10/h3,8H,2H2,1H3,(H3,5,6)(H2,7,9,10). The third-order valence-electron chi connectivity index (χ3n) is 0.892. The molecule has 1 atom stereocenters. The molecule has 0 aliphatic heterocycles. The van der Waals surface area contributed by atoms with Crippen molar-refractivity contribution >= 4 is 16.0 Å². The molecule has 0 aromatic rings. The van der Waals surface area contributed by atoms with Crippen LogP contribution in [-0.2, 0) is 10.2 Å². The molecule has 0 saturated heterocycles. The first kappa shape index (κ1) is 10.3. The smallest absolute Gasteiger partial charge is 0.274 e. The monoisotopic (exact) mass is 180 g/mol. The van der Waals surface area contributed by atoms with Gasteiger partial charge in [0.25, 0.3) is 10.2 Å². The van der Waals surface area contributed by atoms with Crippen molar-refractivity contribution in [2.75, 3.05) is 0 Å². The second-order valence-electron chi connectivity index (χ2n) is 2.29. The van der Waals surface area contributed by atoms with Crippen LogP contribution in [0.3, 0.4) is 0 Å². The maximum Gasteiger partial charge on any atom is 0.274 e. The van der Waals surface area contributed by atoms with Gasteiger partial charge >= 0.3 is 0 Å². The molecule has 0 aromatic carbocycles. The molecule has 0 bridgehead atoms. The molecule has 0 aliphatic rings. The van der Waals surface area contributed by atoms with Gasteiger partial charge in [0, 0.05) is 12.5 Å². The minimum Gasteiger partial charge on any atom is -0.388 e. The van der Waals surface area contributed by atoms with E-state index < -0.39 is 16.3 Å². The average Bonchev–Trinajstić information content (AvgIpc) is 1.53. The number of hydrogen-bond donors (Lipinski definition) is 4. The zero-order valence-corrected chi connectivity index (χ0v) is 6.98. The van der Waals surface area contributed by atoms with Crippen molar-refractivity contribution in [3.05, 3.63) is 0 Å². The van der Waals surface area contributed by atoms with Crippen LogP contribution in [0.5, 0.6) is 0 Å². The Labute approximate surface area is 65.6 Å². The molecule has 0 saturated carbocycles. The lowest BCUT2D eigenvalue weighted by atomic mass is 10.2. The van der Waals surface area contributed by atoms with Gasteiger partial charge in [-0.1, -0.05) is 0 Å². The summed E-state index contributed by atoms with van der Waals surface area (Å²) in [5, 5.41) is 11.5. The van der Waals surface area contributed by atoms with Crippen LogP contribution < -0.4 is 15.6 Å². The van der Waals surface area contributed by atoms with Crippen molar-refractivity contribution in [1.82, 2.24) is 4.72 Å². The van der Waals surface area contributed by atoms with Crippen LogP contribution >= 0.6 is 0 Å². The normalized spacial score (nSPS) is 14.4. The van der Waals surface area contributed by atoms with Crippen molar-refractivity contribution in [3.8, 4) is 0 Å². The van der Waals surface area contributed by atoms with E-state index in [0.717, 1.165) is 0 Å². The van der Waals surface area contributed by atoms with Crippen molar-refractivity contribution in [2.45, 2.75) is 19.4 Å². The summed E-state index contributed by atoms with van der Waals surface area (Å²) in [6, 6.07) is -0.428. The third kappa shape index (κ3) is 7.23. The van der Waals surface area contributed by atoms with Crippen molar-refractivity contribution < 1.29 is 8.42 Å². The van der Waals surface area contributed by atoms with E-state index in [4.69, 9.17) is 11.1 Å². The first-order chi connectivity index (χ1) is 4.81. The molecule has 0 radical (unpaired) electrons. The molecular formula is C4H12N4O2S. The van der Waals surface area contributed by atoms with Crippen molar-refractivity contribution in [3.63, 3.8) is 0 Å². The van der Waals surface area contributed by atoms with Gasteiger partial charge in [0.1, 0.15) is 0 Å². The van der Waals surface area contributed by atoms with Gasteiger partial charge in [0.15, 0.2) is 0 Å². The maximum absolute atomic E-state index is 10.4. The molecule has 0 rings (SSSR count). The maximum atomic E-state index is 10.4. The molecule has 1 unspecified atom stereocenters. The fourth-order valence-electron chi connectivity index (χ4n) is 0.652. The molecule has 6 N–H and O–H groups in total. The first-order valence-corrected chi connectivity index (χ1v) is 4.49. The topological polar surface area (TPSA) is 122 Å². The Morgan fingerprint density at radius 1 is 1.73 bits per heavy atom. The van der Waals surface area contributed by atoms with E-state index >= 15 is 0 Å². The minimum absolute atomic E-state index is 0.0753. The quantitative estimate of drug-likeness (QED) is 0.311. The van der Waals surface area contributed by atoms with Gasteiger partial charge in [-0.05, 0) is 6.92 Å². The second-order valence-corrected chi connectivity index (χ2v) is 3.62. The van der Waals surface area contributed by atoms with E-state index in [0.29, 0.717) is 0 Å². The number of amidine groups is 1. The molecule has 0 heterocycles. The summed E-state index contributed by atoms with van der Waals surface area (Å²) < 4.78 is 22.8. The van der Waals surface area contributed by atoms with Crippen molar-refractivity contribution in [2.24, 2.45) is 10.9 Å². The largest absolute Gasteiger partial charge is 0.388 e. The zero-order valence-electron chi connectivity index (χ0n) is 6.16. The summed E-state index contributed by atoms with van der Waals surface area (Å²) in [4.78, 5) is 0. The van der Waals surface area contributed by atoms with Crippen molar-refractivity contribution in [1.29, 1.82) is 5.41 Å². The van der Waals surface area contributed by atoms with Crippen LogP contribution in [0.4, 0.5) is 0 Å². The Bertz CT molecular complexity index is 234. The van der Waals surface area contributed by atoms with E-state index in [2.05, 4.69) is 9.86 Å². The van der Waals surface area contributed by atoms with Gasteiger partial charge < -0.3 is 5.73 Å². The van der Waals surface area contributed by atoms with Gasteiger partial charge in [-0.25, -0.2) is 5.14 Å². The molecule has 7 heteroatoms. The summed E-state index contributed by atoms with van der Waals surface area (Å²) in [7, 11) is -3.67. The highest BCUT2D eigenvalue weighted by atomic mass is 32.2. The molecule has 6 nitrogen and oxygen atoms in total. The molecule has 0 amide bonds. The number of nitrogens with one attached hydrogen (secondary N) is 2. The van der Waals surface area contributed by atoms with Crippen LogP contribution in [0, 0.1) is 5.41 Å². The summed E-state index contributed by atoms with van der Waals surface area (Å²) in [6.07, 6.45) is 0.163. The molecule has 0 aliphatic carbocycles. The molecule has 66 valence electrons. The molecule has 0 aromatic heterocycles. The lowest BCUT2D eigenvalue weighted by Crippen LogP contribution is -2.39. The van der Waals surface area contributed by atoms with Crippen LogP contribution in [0.25, 0.3) is 0 Å². The molecule has 0 spiro atoms. The zero-order chi connectivity index (χ0) is 9.07. The molecule has 0 fully saturated rings. The van der Waals surface area contributed by atoms with Crippen LogP contribution in [0.15, 0.2) is 0 Å². The first-order valence-electron chi connectivity index (χ1n) is 2.94. The Balaban J connectivity index is 3.89. The Kier molecular flexibility index (Phi) is 3.43. The van der Waals surface area contributed by atoms with Gasteiger partial charge in [-0.15, -0.1) is 0 Å². The van der Waals surface area contributed by atoms with Crippen LogP contribution in [0.2, 0.25) is 0 Å². The predicted molar refractivity (Wildman–Crippen MR) is 42.2 cm³/mol. The number of hydrogen-bond acceptors (Lipinski definition) is 3. The Morgan fingerprint density at radius 3 is 2.45 bits per heavy atom. The highest BCUT2D eigenvalue weighted by Crippen LogP contribution is 1.89. The van der Waals surface area contributed by atoms with E-state index in [1.54, 1.807) is 6.92 Å². The van der Waals surface area contributed by atoms with E-state index in [-0.39, 0.29) is 12.3 Å². The van der Waals surface area contributed by atoms with Crippen LogP contribution in [-0.4, -0.2) is 20.3 Å². The average molecular weight is 180 g/mol. The highest BCUT2D eigenvalue weighted by Gasteiger charge is 2.09.